The molecule has 0 radical (unpaired) electrons. The quantitative estimate of drug-likeness (QED) is 0.804. The van der Waals surface area contributed by atoms with E-state index in [9.17, 15) is 18.0 Å². The Bertz CT molecular complexity index is 652. The molecule has 8 heteroatoms. The van der Waals surface area contributed by atoms with Crippen molar-refractivity contribution in [2.45, 2.75) is 10.9 Å². The second-order valence-corrected chi connectivity index (χ2v) is 6.87. The van der Waals surface area contributed by atoms with Crippen molar-refractivity contribution in [1.82, 2.24) is 5.32 Å². The number of sulfone groups is 1. The van der Waals surface area contributed by atoms with Gasteiger partial charge in [0.25, 0.3) is 5.91 Å². The minimum atomic E-state index is -3.32. The van der Waals surface area contributed by atoms with Gasteiger partial charge in [0.2, 0.25) is 0 Å². The van der Waals surface area contributed by atoms with Gasteiger partial charge in [0.05, 0.1) is 24.2 Å². The van der Waals surface area contributed by atoms with E-state index in [1.807, 2.05) is 0 Å². The van der Waals surface area contributed by atoms with Crippen LogP contribution in [0.1, 0.15) is 10.4 Å². The Morgan fingerprint density at radius 2 is 1.86 bits per heavy atom. The molecule has 1 aromatic rings. The summed E-state index contributed by atoms with van der Waals surface area (Å²) in [6, 6.07) is 4.85. The van der Waals surface area contributed by atoms with Gasteiger partial charge in [-0.15, -0.1) is 0 Å². The summed E-state index contributed by atoms with van der Waals surface area (Å²) in [7, 11) is -3.32. The second kappa shape index (κ2) is 5.82. The molecule has 2 rings (SSSR count). The molecule has 0 spiro atoms. The van der Waals surface area contributed by atoms with Gasteiger partial charge in [-0.25, -0.2) is 8.42 Å². The number of carbonyl (C=O) groups is 2. The molecule has 2 atom stereocenters. The van der Waals surface area contributed by atoms with E-state index in [0.717, 1.165) is 6.26 Å². The summed E-state index contributed by atoms with van der Waals surface area (Å²) < 4.78 is 27.7. The highest BCUT2D eigenvalue weighted by atomic mass is 32.2. The Labute approximate surface area is 121 Å². The first kappa shape index (κ1) is 15.5. The van der Waals surface area contributed by atoms with Crippen LogP contribution in [0.2, 0.25) is 0 Å². The van der Waals surface area contributed by atoms with Crippen LogP contribution >= 0.6 is 0 Å². The third-order valence-electron chi connectivity index (χ3n) is 3.26. The van der Waals surface area contributed by atoms with Crippen molar-refractivity contribution in [3.8, 4) is 0 Å². The summed E-state index contributed by atoms with van der Waals surface area (Å²) in [5.41, 5.74) is 0.262. The van der Waals surface area contributed by atoms with Gasteiger partial charge in [-0.3, -0.25) is 9.59 Å². The van der Waals surface area contributed by atoms with E-state index in [4.69, 9.17) is 9.84 Å². The normalized spacial score (nSPS) is 22.0. The first-order chi connectivity index (χ1) is 9.79. The van der Waals surface area contributed by atoms with E-state index in [2.05, 4.69) is 5.32 Å². The van der Waals surface area contributed by atoms with Crippen molar-refractivity contribution in [1.29, 1.82) is 0 Å². The van der Waals surface area contributed by atoms with Crippen LogP contribution in [0.4, 0.5) is 0 Å². The molecule has 2 N–H and O–H groups in total. The lowest BCUT2D eigenvalue weighted by Crippen LogP contribution is -2.42. The SMILES string of the molecule is CS(=O)(=O)c1ccc(C(=O)NC2COCC2C(=O)O)cc1. The Kier molecular flexibility index (Phi) is 4.29. The zero-order valence-corrected chi connectivity index (χ0v) is 12.1. The van der Waals surface area contributed by atoms with Crippen molar-refractivity contribution in [2.75, 3.05) is 19.5 Å². The fraction of sp³-hybridized carbons (Fsp3) is 0.385. The molecule has 0 bridgehead atoms. The lowest BCUT2D eigenvalue weighted by Gasteiger charge is -2.15. The van der Waals surface area contributed by atoms with Crippen LogP contribution in [0.25, 0.3) is 0 Å². The summed E-state index contributed by atoms with van der Waals surface area (Å²) in [6.45, 7) is 0.206. The predicted molar refractivity (Wildman–Crippen MR) is 72.8 cm³/mol. The third-order valence-corrected chi connectivity index (χ3v) is 4.39. The minimum absolute atomic E-state index is 0.0628. The van der Waals surface area contributed by atoms with Gasteiger partial charge in [0.1, 0.15) is 5.92 Å². The van der Waals surface area contributed by atoms with E-state index in [1.165, 1.54) is 24.3 Å². The molecule has 1 amide bonds. The molecule has 1 aliphatic heterocycles. The molecule has 1 fully saturated rings. The van der Waals surface area contributed by atoms with E-state index >= 15 is 0 Å². The number of benzene rings is 1. The fourth-order valence-electron chi connectivity index (χ4n) is 2.05. The van der Waals surface area contributed by atoms with Crippen molar-refractivity contribution in [2.24, 2.45) is 5.92 Å². The summed E-state index contributed by atoms with van der Waals surface area (Å²) in [6.07, 6.45) is 1.08. The van der Waals surface area contributed by atoms with E-state index in [1.54, 1.807) is 0 Å². The molecule has 1 aromatic carbocycles. The van der Waals surface area contributed by atoms with Crippen molar-refractivity contribution in [3.05, 3.63) is 29.8 Å². The molecular formula is C13H15NO6S. The van der Waals surface area contributed by atoms with Gasteiger partial charge in [0, 0.05) is 11.8 Å². The van der Waals surface area contributed by atoms with Crippen LogP contribution in [-0.4, -0.2) is 50.9 Å². The highest BCUT2D eigenvalue weighted by Gasteiger charge is 2.35. The molecule has 2 unspecified atom stereocenters. The smallest absolute Gasteiger partial charge is 0.311 e. The van der Waals surface area contributed by atoms with Gasteiger partial charge < -0.3 is 15.2 Å². The minimum Gasteiger partial charge on any atom is -0.481 e. The van der Waals surface area contributed by atoms with Crippen LogP contribution in [0.15, 0.2) is 29.2 Å². The number of rotatable bonds is 4. The van der Waals surface area contributed by atoms with Crippen molar-refractivity contribution >= 4 is 21.7 Å². The van der Waals surface area contributed by atoms with Crippen LogP contribution in [0.5, 0.6) is 0 Å². The first-order valence-electron chi connectivity index (χ1n) is 6.20. The zero-order chi connectivity index (χ0) is 15.6. The summed E-state index contributed by atoms with van der Waals surface area (Å²) in [4.78, 5) is 23.1. The van der Waals surface area contributed by atoms with Crippen LogP contribution < -0.4 is 5.32 Å². The molecule has 0 saturated carbocycles. The molecule has 1 saturated heterocycles. The lowest BCUT2D eigenvalue weighted by molar-refractivity contribution is -0.142. The van der Waals surface area contributed by atoms with Gasteiger partial charge in [0.15, 0.2) is 9.84 Å². The van der Waals surface area contributed by atoms with Gasteiger partial charge >= 0.3 is 5.97 Å². The largest absolute Gasteiger partial charge is 0.481 e. The zero-order valence-electron chi connectivity index (χ0n) is 11.3. The number of carboxylic acids is 1. The predicted octanol–water partition coefficient (Wildman–Crippen LogP) is -0.0805. The van der Waals surface area contributed by atoms with Gasteiger partial charge in [-0.1, -0.05) is 0 Å². The van der Waals surface area contributed by atoms with E-state index < -0.39 is 33.7 Å². The number of hydrogen-bond acceptors (Lipinski definition) is 5. The van der Waals surface area contributed by atoms with E-state index in [-0.39, 0.29) is 23.7 Å². The topological polar surface area (TPSA) is 110 Å². The highest BCUT2D eigenvalue weighted by Crippen LogP contribution is 2.15. The maximum absolute atomic E-state index is 12.0. The monoisotopic (exact) mass is 313 g/mol. The summed E-state index contributed by atoms with van der Waals surface area (Å²) in [5, 5.41) is 11.6. The number of aliphatic carboxylic acids is 1. The first-order valence-corrected chi connectivity index (χ1v) is 8.09. The van der Waals surface area contributed by atoms with Crippen LogP contribution in [0, 0.1) is 5.92 Å². The molecule has 0 aliphatic carbocycles. The number of carbonyl (C=O) groups excluding carboxylic acids is 1. The van der Waals surface area contributed by atoms with Gasteiger partial charge in [-0.05, 0) is 24.3 Å². The molecule has 114 valence electrons. The Balaban J connectivity index is 2.09. The molecule has 21 heavy (non-hydrogen) atoms. The number of hydrogen-bond donors (Lipinski definition) is 2. The molecular weight excluding hydrogens is 298 g/mol. The average Bonchev–Trinajstić information content (AvgIpc) is 2.86. The number of ether oxygens (including phenoxy) is 1. The number of carboxylic acid groups (broad SMARTS) is 1. The molecule has 7 nitrogen and oxygen atoms in total. The summed E-state index contributed by atoms with van der Waals surface area (Å²) >= 11 is 0. The highest BCUT2D eigenvalue weighted by molar-refractivity contribution is 7.90. The van der Waals surface area contributed by atoms with Gasteiger partial charge in [-0.2, -0.15) is 0 Å². The Morgan fingerprint density at radius 3 is 2.38 bits per heavy atom. The fourth-order valence-corrected chi connectivity index (χ4v) is 2.68. The standard InChI is InChI=1S/C13H15NO6S/c1-21(18,19)9-4-2-8(3-5-9)12(15)14-11-7-20-6-10(11)13(16)17/h2-5,10-11H,6-7H2,1H3,(H,14,15)(H,16,17). The molecule has 0 aromatic heterocycles. The molecule has 1 aliphatic rings. The molecule has 1 heterocycles. The maximum Gasteiger partial charge on any atom is 0.311 e. The van der Waals surface area contributed by atoms with Crippen molar-refractivity contribution in [3.63, 3.8) is 0 Å². The van der Waals surface area contributed by atoms with E-state index in [0.29, 0.717) is 0 Å². The lowest BCUT2D eigenvalue weighted by atomic mass is 10.0. The average molecular weight is 313 g/mol. The maximum atomic E-state index is 12.0. The van der Waals surface area contributed by atoms with Crippen LogP contribution in [-0.2, 0) is 19.4 Å². The third kappa shape index (κ3) is 3.59. The number of nitrogens with one attached hydrogen (secondary N) is 1. The number of amides is 1. The van der Waals surface area contributed by atoms with Crippen LogP contribution in [0.3, 0.4) is 0 Å². The van der Waals surface area contributed by atoms with Crippen molar-refractivity contribution < 1.29 is 27.9 Å². The Hall–Kier alpha value is -1.93. The summed E-state index contributed by atoms with van der Waals surface area (Å²) in [5.74, 6) is -2.26. The second-order valence-electron chi connectivity index (χ2n) is 4.86. The Morgan fingerprint density at radius 1 is 1.24 bits per heavy atom.